The van der Waals surface area contributed by atoms with Crippen LogP contribution in [0.4, 0.5) is 5.82 Å². The molecule has 2 N–H and O–H groups in total. The van der Waals surface area contributed by atoms with E-state index in [1.807, 2.05) is 36.3 Å². The van der Waals surface area contributed by atoms with Crippen LogP contribution in [-0.4, -0.2) is 50.5 Å². The lowest BCUT2D eigenvalue weighted by Crippen LogP contribution is -2.21. The van der Waals surface area contributed by atoms with E-state index >= 15 is 0 Å². The van der Waals surface area contributed by atoms with Gasteiger partial charge in [-0.25, -0.2) is 4.52 Å². The van der Waals surface area contributed by atoms with E-state index in [2.05, 4.69) is 35.1 Å². The topological polar surface area (TPSA) is 73.6 Å². The van der Waals surface area contributed by atoms with Crippen molar-refractivity contribution in [2.45, 2.75) is 19.6 Å². The molecule has 7 heteroatoms. The molecule has 1 aliphatic rings. The van der Waals surface area contributed by atoms with Gasteiger partial charge < -0.3 is 15.4 Å². The van der Waals surface area contributed by atoms with Gasteiger partial charge in [-0.05, 0) is 25.1 Å². The number of pyridine rings is 1. The molecular formula is C18H24N6O. The summed E-state index contributed by atoms with van der Waals surface area (Å²) in [4.78, 5) is 2.32. The van der Waals surface area contributed by atoms with Gasteiger partial charge in [0, 0.05) is 43.5 Å². The Hall–Kier alpha value is -2.38. The molecule has 132 valence electrons. The average Bonchev–Trinajstić information content (AvgIpc) is 3.20. The molecule has 0 amide bonds. The maximum atomic E-state index is 6.21. The summed E-state index contributed by atoms with van der Waals surface area (Å²) in [6.07, 6.45) is 4.09. The smallest absolute Gasteiger partial charge is 0.146 e. The molecule has 0 saturated carbocycles. The van der Waals surface area contributed by atoms with E-state index in [0.29, 0.717) is 18.3 Å². The van der Waals surface area contributed by atoms with E-state index in [9.17, 15) is 0 Å². The number of anilines is 1. The fourth-order valence-electron chi connectivity index (χ4n) is 3.71. The second kappa shape index (κ2) is 6.16. The zero-order chi connectivity index (χ0) is 17.6. The monoisotopic (exact) mass is 340 g/mol. The summed E-state index contributed by atoms with van der Waals surface area (Å²) in [5.41, 5.74) is 10.0. The first-order valence-electron chi connectivity index (χ1n) is 8.57. The maximum absolute atomic E-state index is 6.21. The highest BCUT2D eigenvalue weighted by Gasteiger charge is 2.28. The lowest BCUT2D eigenvalue weighted by atomic mass is 10.1. The minimum atomic E-state index is 0.273. The van der Waals surface area contributed by atoms with Gasteiger partial charge in [0.15, 0.2) is 0 Å². The molecule has 1 saturated heterocycles. The molecule has 3 aromatic heterocycles. The van der Waals surface area contributed by atoms with Crippen LogP contribution in [-0.2, 0) is 18.4 Å². The second-order valence-corrected chi connectivity index (χ2v) is 7.04. The van der Waals surface area contributed by atoms with E-state index in [1.54, 1.807) is 4.52 Å². The molecule has 0 bridgehead atoms. The molecule has 0 aliphatic carbocycles. The predicted octanol–water partition coefficient (Wildman–Crippen LogP) is 1.78. The van der Waals surface area contributed by atoms with Crippen LogP contribution < -0.4 is 5.73 Å². The third kappa shape index (κ3) is 3.01. The highest BCUT2D eigenvalue weighted by atomic mass is 16.5. The third-order valence-electron chi connectivity index (χ3n) is 4.95. The number of aryl methyl sites for hydroxylation is 1. The lowest BCUT2D eigenvalue weighted by molar-refractivity contribution is 0.0273. The van der Waals surface area contributed by atoms with Crippen LogP contribution in [0.15, 0.2) is 30.6 Å². The highest BCUT2D eigenvalue weighted by Crippen LogP contribution is 2.27. The molecule has 1 aliphatic heterocycles. The average molecular weight is 340 g/mol. The number of aromatic nitrogens is 4. The van der Waals surface area contributed by atoms with E-state index < -0.39 is 0 Å². The molecule has 0 spiro atoms. The zero-order valence-corrected chi connectivity index (χ0v) is 14.9. The Balaban J connectivity index is 1.60. The van der Waals surface area contributed by atoms with Crippen molar-refractivity contribution in [2.75, 3.05) is 25.9 Å². The summed E-state index contributed by atoms with van der Waals surface area (Å²) in [5.74, 6) is 1.07. The van der Waals surface area contributed by atoms with Crippen molar-refractivity contribution in [3.8, 4) is 11.3 Å². The molecule has 3 aromatic rings. The van der Waals surface area contributed by atoms with Gasteiger partial charge in [0.1, 0.15) is 5.82 Å². The van der Waals surface area contributed by atoms with Crippen molar-refractivity contribution in [1.29, 1.82) is 0 Å². The van der Waals surface area contributed by atoms with E-state index in [1.165, 1.54) is 0 Å². The van der Waals surface area contributed by atoms with Gasteiger partial charge in [0.25, 0.3) is 0 Å². The molecule has 0 radical (unpaired) electrons. The number of likely N-dealkylation sites (tertiary alicyclic amines) is 1. The summed E-state index contributed by atoms with van der Waals surface area (Å²) in [6, 6.07) is 5.98. The Morgan fingerprint density at radius 3 is 2.88 bits per heavy atom. The summed E-state index contributed by atoms with van der Waals surface area (Å²) in [6.45, 7) is 4.89. The Morgan fingerprint density at radius 1 is 1.28 bits per heavy atom. The van der Waals surface area contributed by atoms with Crippen LogP contribution in [0.25, 0.3) is 16.8 Å². The largest absolute Gasteiger partial charge is 0.382 e. The number of rotatable bonds is 4. The number of fused-ring (bicyclic) bond motifs is 1. The molecule has 0 unspecified atom stereocenters. The first-order valence-corrected chi connectivity index (χ1v) is 8.57. The minimum Gasteiger partial charge on any atom is -0.382 e. The summed E-state index contributed by atoms with van der Waals surface area (Å²) in [7, 11) is 4.10. The molecule has 4 heterocycles. The Labute approximate surface area is 147 Å². The SMILES string of the molecule is C[C@H]1CN(C)C[C@@H]1OCc1cnn(C)c1-c1ccn2nc(N)cc2c1. The molecule has 25 heavy (non-hydrogen) atoms. The van der Waals surface area contributed by atoms with Crippen molar-refractivity contribution in [3.63, 3.8) is 0 Å². The quantitative estimate of drug-likeness (QED) is 0.784. The Morgan fingerprint density at radius 2 is 2.12 bits per heavy atom. The standard InChI is InChI=1S/C18H24N6O/c1-12-9-22(2)10-16(12)25-11-14-8-20-23(3)18(14)13-4-5-24-15(6-13)7-17(19)21-24/h4-8,12,16H,9-11H2,1-3H3,(H2,19,21)/t12-,16-/m0/s1. The fourth-order valence-corrected chi connectivity index (χ4v) is 3.71. The van der Waals surface area contributed by atoms with E-state index in [4.69, 9.17) is 10.5 Å². The van der Waals surface area contributed by atoms with Gasteiger partial charge in [0.2, 0.25) is 0 Å². The fraction of sp³-hybridized carbons (Fsp3) is 0.444. The number of nitrogens with zero attached hydrogens (tertiary/aromatic N) is 5. The van der Waals surface area contributed by atoms with Gasteiger partial charge in [-0.15, -0.1) is 0 Å². The summed E-state index contributed by atoms with van der Waals surface area (Å²) >= 11 is 0. The third-order valence-corrected chi connectivity index (χ3v) is 4.95. The van der Waals surface area contributed by atoms with Gasteiger partial charge in [-0.2, -0.15) is 10.2 Å². The van der Waals surface area contributed by atoms with E-state index in [-0.39, 0.29) is 6.10 Å². The number of hydrogen-bond donors (Lipinski definition) is 1. The van der Waals surface area contributed by atoms with Crippen molar-refractivity contribution < 1.29 is 4.74 Å². The Kier molecular flexibility index (Phi) is 3.97. The zero-order valence-electron chi connectivity index (χ0n) is 14.9. The van der Waals surface area contributed by atoms with Gasteiger partial charge in [-0.1, -0.05) is 6.92 Å². The molecule has 0 aromatic carbocycles. The van der Waals surface area contributed by atoms with Gasteiger partial charge >= 0.3 is 0 Å². The number of hydrogen-bond acceptors (Lipinski definition) is 5. The first kappa shape index (κ1) is 16.1. The van der Waals surface area contributed by atoms with Crippen LogP contribution in [0.2, 0.25) is 0 Å². The number of likely N-dealkylation sites (N-methyl/N-ethyl adjacent to an activating group) is 1. The summed E-state index contributed by atoms with van der Waals surface area (Å²) < 4.78 is 9.88. The Bertz CT molecular complexity index is 898. The first-order chi connectivity index (χ1) is 12.0. The van der Waals surface area contributed by atoms with E-state index in [0.717, 1.165) is 35.4 Å². The van der Waals surface area contributed by atoms with Gasteiger partial charge in [-0.3, -0.25) is 4.68 Å². The number of nitrogens with two attached hydrogens (primary N) is 1. The second-order valence-electron chi connectivity index (χ2n) is 7.04. The normalized spacial score (nSPS) is 21.4. The van der Waals surface area contributed by atoms with Gasteiger partial charge in [0.05, 0.1) is 30.1 Å². The van der Waals surface area contributed by atoms with Crippen LogP contribution in [0.5, 0.6) is 0 Å². The highest BCUT2D eigenvalue weighted by molar-refractivity contribution is 5.69. The molecule has 1 fully saturated rings. The summed E-state index contributed by atoms with van der Waals surface area (Å²) in [5, 5.41) is 8.66. The van der Waals surface area contributed by atoms with Crippen molar-refractivity contribution in [2.24, 2.45) is 13.0 Å². The molecule has 4 rings (SSSR count). The van der Waals surface area contributed by atoms with Crippen LogP contribution in [0.1, 0.15) is 12.5 Å². The maximum Gasteiger partial charge on any atom is 0.146 e. The molecule has 2 atom stereocenters. The predicted molar refractivity (Wildman–Crippen MR) is 97.0 cm³/mol. The molecule has 7 nitrogen and oxygen atoms in total. The number of ether oxygens (including phenoxy) is 1. The van der Waals surface area contributed by atoms with Crippen molar-refractivity contribution in [1.82, 2.24) is 24.3 Å². The van der Waals surface area contributed by atoms with Crippen LogP contribution >= 0.6 is 0 Å². The minimum absolute atomic E-state index is 0.273. The lowest BCUT2D eigenvalue weighted by Gasteiger charge is -2.16. The molecular weight excluding hydrogens is 316 g/mol. The van der Waals surface area contributed by atoms with Crippen molar-refractivity contribution in [3.05, 3.63) is 36.2 Å². The van der Waals surface area contributed by atoms with Crippen molar-refractivity contribution >= 4 is 11.3 Å². The van der Waals surface area contributed by atoms with Crippen LogP contribution in [0.3, 0.4) is 0 Å². The van der Waals surface area contributed by atoms with Crippen LogP contribution in [0, 0.1) is 5.92 Å². The number of nitrogen functional groups attached to an aromatic ring is 1.